The lowest BCUT2D eigenvalue weighted by atomic mass is 10.2. The molecule has 1 amide bonds. The first kappa shape index (κ1) is 10.7. The van der Waals surface area contributed by atoms with Crippen molar-refractivity contribution >= 4 is 5.91 Å². The number of H-pyrrole nitrogens is 1. The van der Waals surface area contributed by atoms with Crippen LogP contribution in [0.25, 0.3) is 0 Å². The standard InChI is InChI=1S/C9H16N4O/c1-7-6-11-12-8(7)9(14)10-4-5-13(2)3/h6H,4-5H2,1-3H3,(H,10,14)(H,11,12). The van der Waals surface area contributed by atoms with E-state index in [2.05, 4.69) is 15.5 Å². The highest BCUT2D eigenvalue weighted by molar-refractivity contribution is 5.93. The van der Waals surface area contributed by atoms with Crippen molar-refractivity contribution in [3.05, 3.63) is 17.5 Å². The fourth-order valence-corrected chi connectivity index (χ4v) is 1.06. The quantitative estimate of drug-likeness (QED) is 0.713. The molecule has 0 fully saturated rings. The van der Waals surface area contributed by atoms with E-state index in [-0.39, 0.29) is 5.91 Å². The molecule has 0 spiro atoms. The third-order valence-electron chi connectivity index (χ3n) is 1.90. The first-order valence-corrected chi connectivity index (χ1v) is 4.54. The summed E-state index contributed by atoms with van der Waals surface area (Å²) in [5.74, 6) is -0.0955. The van der Waals surface area contributed by atoms with Gasteiger partial charge < -0.3 is 10.2 Å². The number of nitrogens with zero attached hydrogens (tertiary/aromatic N) is 2. The number of rotatable bonds is 4. The Kier molecular flexibility index (Phi) is 3.64. The van der Waals surface area contributed by atoms with Crippen molar-refractivity contribution in [2.75, 3.05) is 27.2 Å². The summed E-state index contributed by atoms with van der Waals surface area (Å²) in [4.78, 5) is 13.5. The Balaban J connectivity index is 2.40. The van der Waals surface area contributed by atoms with Crippen molar-refractivity contribution in [1.29, 1.82) is 0 Å². The molecule has 14 heavy (non-hydrogen) atoms. The third-order valence-corrected chi connectivity index (χ3v) is 1.90. The average Bonchev–Trinajstić information content (AvgIpc) is 2.50. The minimum atomic E-state index is -0.0955. The summed E-state index contributed by atoms with van der Waals surface area (Å²) in [7, 11) is 3.93. The van der Waals surface area contributed by atoms with Crippen molar-refractivity contribution in [2.24, 2.45) is 0 Å². The molecule has 0 atom stereocenters. The third kappa shape index (κ3) is 2.85. The molecule has 0 aliphatic rings. The van der Waals surface area contributed by atoms with Crippen molar-refractivity contribution < 1.29 is 4.79 Å². The molecule has 0 aromatic carbocycles. The molecular formula is C9H16N4O. The van der Waals surface area contributed by atoms with Gasteiger partial charge in [-0.25, -0.2) is 0 Å². The van der Waals surface area contributed by atoms with Gasteiger partial charge >= 0.3 is 0 Å². The Hall–Kier alpha value is -1.36. The maximum atomic E-state index is 11.5. The molecule has 0 bridgehead atoms. The van der Waals surface area contributed by atoms with E-state index in [1.165, 1.54) is 0 Å². The number of aromatic amines is 1. The zero-order valence-corrected chi connectivity index (χ0v) is 8.79. The molecule has 0 radical (unpaired) electrons. The van der Waals surface area contributed by atoms with Gasteiger partial charge in [0.25, 0.3) is 5.91 Å². The monoisotopic (exact) mass is 196 g/mol. The van der Waals surface area contributed by atoms with E-state index < -0.39 is 0 Å². The van der Waals surface area contributed by atoms with E-state index in [9.17, 15) is 4.79 Å². The van der Waals surface area contributed by atoms with Crippen LogP contribution >= 0.6 is 0 Å². The largest absolute Gasteiger partial charge is 0.349 e. The smallest absolute Gasteiger partial charge is 0.269 e. The van der Waals surface area contributed by atoms with Crippen LogP contribution in [0.2, 0.25) is 0 Å². The first-order chi connectivity index (χ1) is 6.61. The predicted octanol–water partition coefficient (Wildman–Crippen LogP) is 0.00952. The van der Waals surface area contributed by atoms with Crippen molar-refractivity contribution in [1.82, 2.24) is 20.4 Å². The number of carbonyl (C=O) groups is 1. The second-order valence-electron chi connectivity index (χ2n) is 3.49. The molecule has 2 N–H and O–H groups in total. The maximum absolute atomic E-state index is 11.5. The van der Waals surface area contributed by atoms with Gasteiger partial charge in [-0.15, -0.1) is 0 Å². The highest BCUT2D eigenvalue weighted by atomic mass is 16.1. The molecule has 1 aromatic rings. The summed E-state index contributed by atoms with van der Waals surface area (Å²) in [5, 5.41) is 9.26. The number of hydrogen-bond donors (Lipinski definition) is 2. The molecule has 1 aromatic heterocycles. The topological polar surface area (TPSA) is 61.0 Å². The molecule has 0 saturated heterocycles. The number of aromatic nitrogens is 2. The molecule has 1 heterocycles. The fourth-order valence-electron chi connectivity index (χ4n) is 1.06. The van der Waals surface area contributed by atoms with E-state index in [1.54, 1.807) is 6.20 Å². The summed E-state index contributed by atoms with van der Waals surface area (Å²) in [6.45, 7) is 3.33. The fraction of sp³-hybridized carbons (Fsp3) is 0.556. The Bertz CT molecular complexity index is 306. The molecule has 5 heteroatoms. The molecule has 0 aliphatic carbocycles. The van der Waals surface area contributed by atoms with Crippen LogP contribution in [0, 0.1) is 6.92 Å². The lowest BCUT2D eigenvalue weighted by Gasteiger charge is -2.09. The van der Waals surface area contributed by atoms with Gasteiger partial charge in [-0.1, -0.05) is 0 Å². The Morgan fingerprint density at radius 1 is 1.64 bits per heavy atom. The lowest BCUT2D eigenvalue weighted by molar-refractivity contribution is 0.0945. The van der Waals surface area contributed by atoms with Crippen molar-refractivity contribution in [3.63, 3.8) is 0 Å². The van der Waals surface area contributed by atoms with Crippen molar-refractivity contribution in [2.45, 2.75) is 6.92 Å². The number of amides is 1. The summed E-state index contributed by atoms with van der Waals surface area (Å²) >= 11 is 0. The summed E-state index contributed by atoms with van der Waals surface area (Å²) in [6, 6.07) is 0. The van der Waals surface area contributed by atoms with Crippen LogP contribution in [0.15, 0.2) is 6.20 Å². The van der Waals surface area contributed by atoms with Crippen LogP contribution in [0.4, 0.5) is 0 Å². The van der Waals surface area contributed by atoms with Crippen LogP contribution in [-0.4, -0.2) is 48.2 Å². The Labute approximate surface area is 83.5 Å². The van der Waals surface area contributed by atoms with Gasteiger partial charge in [-0.05, 0) is 26.6 Å². The normalized spacial score (nSPS) is 10.6. The zero-order valence-electron chi connectivity index (χ0n) is 8.79. The highest BCUT2D eigenvalue weighted by Crippen LogP contribution is 2.00. The zero-order chi connectivity index (χ0) is 10.6. The number of hydrogen-bond acceptors (Lipinski definition) is 3. The number of aryl methyl sites for hydroxylation is 1. The summed E-state index contributed by atoms with van der Waals surface area (Å²) in [6.07, 6.45) is 1.64. The number of likely N-dealkylation sites (N-methyl/N-ethyl adjacent to an activating group) is 1. The van der Waals surface area contributed by atoms with Gasteiger partial charge in [0.15, 0.2) is 0 Å². The molecule has 0 aliphatic heterocycles. The van der Waals surface area contributed by atoms with E-state index in [0.717, 1.165) is 12.1 Å². The van der Waals surface area contributed by atoms with E-state index in [4.69, 9.17) is 0 Å². The SMILES string of the molecule is Cc1cn[nH]c1C(=O)NCCN(C)C. The molecule has 0 unspecified atom stereocenters. The first-order valence-electron chi connectivity index (χ1n) is 4.54. The van der Waals surface area contributed by atoms with Gasteiger partial charge in [0.1, 0.15) is 5.69 Å². The maximum Gasteiger partial charge on any atom is 0.269 e. The average molecular weight is 196 g/mol. The second kappa shape index (κ2) is 4.76. The van der Waals surface area contributed by atoms with Gasteiger partial charge in [0, 0.05) is 13.1 Å². The minimum Gasteiger partial charge on any atom is -0.349 e. The number of nitrogens with one attached hydrogen (secondary N) is 2. The van der Waals surface area contributed by atoms with Gasteiger partial charge in [0.05, 0.1) is 6.20 Å². The van der Waals surface area contributed by atoms with Crippen LogP contribution < -0.4 is 5.32 Å². The summed E-state index contributed by atoms with van der Waals surface area (Å²) in [5.41, 5.74) is 1.41. The van der Waals surface area contributed by atoms with Crippen LogP contribution in [0.3, 0.4) is 0 Å². The van der Waals surface area contributed by atoms with Crippen LogP contribution in [0.5, 0.6) is 0 Å². The van der Waals surface area contributed by atoms with E-state index >= 15 is 0 Å². The predicted molar refractivity (Wildman–Crippen MR) is 54.2 cm³/mol. The molecular weight excluding hydrogens is 180 g/mol. The molecule has 5 nitrogen and oxygen atoms in total. The molecule has 78 valence electrons. The highest BCUT2D eigenvalue weighted by Gasteiger charge is 2.09. The van der Waals surface area contributed by atoms with Gasteiger partial charge in [0.2, 0.25) is 0 Å². The van der Waals surface area contributed by atoms with E-state index in [0.29, 0.717) is 12.2 Å². The van der Waals surface area contributed by atoms with Crippen molar-refractivity contribution in [3.8, 4) is 0 Å². The molecule has 0 saturated carbocycles. The van der Waals surface area contributed by atoms with Gasteiger partial charge in [-0.3, -0.25) is 9.89 Å². The van der Waals surface area contributed by atoms with Gasteiger partial charge in [-0.2, -0.15) is 5.10 Å². The second-order valence-corrected chi connectivity index (χ2v) is 3.49. The lowest BCUT2D eigenvalue weighted by Crippen LogP contribution is -2.31. The Morgan fingerprint density at radius 3 is 2.86 bits per heavy atom. The van der Waals surface area contributed by atoms with E-state index in [1.807, 2.05) is 25.9 Å². The summed E-state index contributed by atoms with van der Waals surface area (Å²) < 4.78 is 0. The molecule has 1 rings (SSSR count). The minimum absolute atomic E-state index is 0.0955. The van der Waals surface area contributed by atoms with Crippen LogP contribution in [0.1, 0.15) is 16.1 Å². The number of carbonyl (C=O) groups excluding carboxylic acids is 1. The van der Waals surface area contributed by atoms with Crippen LogP contribution in [-0.2, 0) is 0 Å². The Morgan fingerprint density at radius 2 is 2.36 bits per heavy atom.